The first-order valence-corrected chi connectivity index (χ1v) is 19.5. The summed E-state index contributed by atoms with van der Waals surface area (Å²) in [6.07, 6.45) is 0. The van der Waals surface area contributed by atoms with Crippen LogP contribution < -0.4 is 20.7 Å². The largest absolute Gasteiger partial charge is 0.456 e. The molecule has 0 aliphatic rings. The van der Waals surface area contributed by atoms with E-state index in [-0.39, 0.29) is 0 Å². The molecule has 0 fully saturated rings. The van der Waals surface area contributed by atoms with Crippen LogP contribution in [0.2, 0.25) is 0 Å². The molecule has 0 bridgehead atoms. The highest BCUT2D eigenvalue weighted by Crippen LogP contribution is 2.34. The number of benzene rings is 8. The van der Waals surface area contributed by atoms with Crippen LogP contribution in [0.25, 0.3) is 60.6 Å². The van der Waals surface area contributed by atoms with Gasteiger partial charge in [0.2, 0.25) is 0 Å². The van der Waals surface area contributed by atoms with E-state index in [1.165, 1.54) is 53.8 Å². The van der Waals surface area contributed by atoms with Crippen LogP contribution >= 0.6 is 0 Å². The summed E-state index contributed by atoms with van der Waals surface area (Å²) in [6.45, 7) is 0. The third-order valence-electron chi connectivity index (χ3n) is 10.5. The Labute approximate surface area is 297 Å². The van der Waals surface area contributed by atoms with Gasteiger partial charge in [-0.15, -0.1) is 0 Å². The highest BCUT2D eigenvalue weighted by atomic mass is 28.3. The third-order valence-corrected chi connectivity index (χ3v) is 15.3. The predicted octanol–water partition coefficient (Wildman–Crippen LogP) is 9.73. The van der Waals surface area contributed by atoms with Gasteiger partial charge in [-0.1, -0.05) is 158 Å². The highest BCUT2D eigenvalue weighted by molar-refractivity contribution is 7.20. The van der Waals surface area contributed by atoms with Crippen LogP contribution in [0.15, 0.2) is 205 Å². The van der Waals surface area contributed by atoms with E-state index in [4.69, 9.17) is 4.42 Å². The standard InChI is InChI=1S/C48H33NOSi/c1-4-16-36(17-5-1)49-45-25-12-10-23-41(45)44-33-40(28-30-46(44)49)51(37-18-6-2-7-19-37,38-20-8-3-9-21-38)39-22-14-15-34(31-39)35-27-29-43-42-24-11-13-26-47(42)50-48(43)32-35/h1-33H. The molecule has 0 N–H and O–H groups in total. The average molecular weight is 668 g/mol. The Bertz CT molecular complexity index is 2810. The van der Waals surface area contributed by atoms with E-state index in [0.717, 1.165) is 27.5 Å². The molecule has 0 saturated heterocycles. The van der Waals surface area contributed by atoms with Crippen molar-refractivity contribution in [3.8, 4) is 16.8 Å². The summed E-state index contributed by atoms with van der Waals surface area (Å²) < 4.78 is 8.74. The molecule has 8 aromatic carbocycles. The molecule has 0 aliphatic heterocycles. The third kappa shape index (κ3) is 4.63. The number of fused-ring (bicyclic) bond motifs is 6. The van der Waals surface area contributed by atoms with E-state index in [1.54, 1.807) is 0 Å². The minimum atomic E-state index is -2.85. The molecule has 0 spiro atoms. The summed E-state index contributed by atoms with van der Waals surface area (Å²) in [5.41, 5.74) is 7.75. The van der Waals surface area contributed by atoms with Gasteiger partial charge in [0.25, 0.3) is 0 Å². The topological polar surface area (TPSA) is 18.1 Å². The molecule has 2 aromatic heterocycles. The molecule has 51 heavy (non-hydrogen) atoms. The molecule has 3 heteroatoms. The number of para-hydroxylation sites is 3. The van der Waals surface area contributed by atoms with Gasteiger partial charge in [0.15, 0.2) is 8.07 Å². The zero-order valence-electron chi connectivity index (χ0n) is 27.9. The monoisotopic (exact) mass is 667 g/mol. The Balaban J connectivity index is 1.25. The van der Waals surface area contributed by atoms with Crippen molar-refractivity contribution in [1.29, 1.82) is 0 Å². The van der Waals surface area contributed by atoms with Crippen molar-refractivity contribution in [1.82, 2.24) is 4.57 Å². The van der Waals surface area contributed by atoms with Crippen LogP contribution in [0.1, 0.15) is 0 Å². The minimum absolute atomic E-state index is 0.911. The molecule has 2 nitrogen and oxygen atoms in total. The van der Waals surface area contributed by atoms with E-state index >= 15 is 0 Å². The van der Waals surface area contributed by atoms with E-state index in [9.17, 15) is 0 Å². The molecule has 0 atom stereocenters. The number of furan rings is 1. The number of aromatic nitrogens is 1. The molecule has 0 saturated carbocycles. The van der Waals surface area contributed by atoms with Gasteiger partial charge in [0.1, 0.15) is 11.2 Å². The van der Waals surface area contributed by atoms with Crippen LogP contribution in [-0.2, 0) is 0 Å². The van der Waals surface area contributed by atoms with Crippen LogP contribution in [0.4, 0.5) is 0 Å². The first kappa shape index (κ1) is 29.5. The lowest BCUT2D eigenvalue weighted by Crippen LogP contribution is -2.74. The fourth-order valence-electron chi connectivity index (χ4n) is 8.28. The molecule has 0 unspecified atom stereocenters. The van der Waals surface area contributed by atoms with Gasteiger partial charge in [-0.2, -0.15) is 0 Å². The molecular weight excluding hydrogens is 635 g/mol. The second-order valence-electron chi connectivity index (χ2n) is 13.3. The normalized spacial score (nSPS) is 11.9. The van der Waals surface area contributed by atoms with Gasteiger partial charge in [-0.25, -0.2) is 0 Å². The van der Waals surface area contributed by atoms with Gasteiger partial charge < -0.3 is 8.98 Å². The molecule has 10 aromatic rings. The van der Waals surface area contributed by atoms with Crippen LogP contribution in [0.3, 0.4) is 0 Å². The quantitative estimate of drug-likeness (QED) is 0.128. The van der Waals surface area contributed by atoms with Crippen molar-refractivity contribution in [3.63, 3.8) is 0 Å². The molecule has 0 aliphatic carbocycles. The second-order valence-corrected chi connectivity index (χ2v) is 17.1. The maximum absolute atomic E-state index is 6.34. The summed E-state index contributed by atoms with van der Waals surface area (Å²) >= 11 is 0. The Hall–Kier alpha value is -6.42. The Morgan fingerprint density at radius 1 is 0.333 bits per heavy atom. The summed E-state index contributed by atoms with van der Waals surface area (Å²) in [6, 6.07) is 73.3. The van der Waals surface area contributed by atoms with Crippen LogP contribution in [0, 0.1) is 0 Å². The van der Waals surface area contributed by atoms with E-state index in [1.807, 2.05) is 12.1 Å². The fraction of sp³-hybridized carbons (Fsp3) is 0. The Morgan fingerprint density at radius 2 is 0.902 bits per heavy atom. The highest BCUT2D eigenvalue weighted by Gasteiger charge is 2.42. The van der Waals surface area contributed by atoms with Crippen molar-refractivity contribution >= 4 is 72.6 Å². The molecule has 10 rings (SSSR count). The zero-order chi connectivity index (χ0) is 33.8. The molecule has 0 amide bonds. The second kappa shape index (κ2) is 11.9. The fourth-order valence-corrected chi connectivity index (χ4v) is 13.1. The number of hydrogen-bond acceptors (Lipinski definition) is 1. The van der Waals surface area contributed by atoms with Crippen LogP contribution in [0.5, 0.6) is 0 Å². The van der Waals surface area contributed by atoms with Crippen molar-refractivity contribution in [3.05, 3.63) is 200 Å². The SMILES string of the molecule is c1ccc(-n2c3ccccc3c3cc([Si](c4ccccc4)(c4ccccc4)c4cccc(-c5ccc6c(c5)oc5ccccc56)c4)ccc32)cc1. The average Bonchev–Trinajstić information content (AvgIpc) is 3.75. The maximum atomic E-state index is 6.34. The molecule has 0 radical (unpaired) electrons. The Kier molecular flexibility index (Phi) is 6.86. The lowest BCUT2D eigenvalue weighted by molar-refractivity contribution is 0.669. The lowest BCUT2D eigenvalue weighted by atomic mass is 10.0. The predicted molar refractivity (Wildman–Crippen MR) is 217 cm³/mol. The molecular formula is C48H33NOSi. The van der Waals surface area contributed by atoms with Gasteiger partial charge >= 0.3 is 0 Å². The number of rotatable bonds is 6. The van der Waals surface area contributed by atoms with E-state index in [2.05, 4.69) is 193 Å². The van der Waals surface area contributed by atoms with E-state index in [0.29, 0.717) is 0 Å². The van der Waals surface area contributed by atoms with Gasteiger partial charge in [-0.3, -0.25) is 0 Å². The minimum Gasteiger partial charge on any atom is -0.456 e. The van der Waals surface area contributed by atoms with Crippen molar-refractivity contribution in [2.45, 2.75) is 0 Å². The Morgan fingerprint density at radius 3 is 1.67 bits per heavy atom. The molecule has 2 heterocycles. The number of hydrogen-bond donors (Lipinski definition) is 0. The van der Waals surface area contributed by atoms with Crippen molar-refractivity contribution in [2.75, 3.05) is 0 Å². The summed E-state index contributed by atoms with van der Waals surface area (Å²) in [5.74, 6) is 0. The van der Waals surface area contributed by atoms with Crippen LogP contribution in [-0.4, -0.2) is 12.6 Å². The van der Waals surface area contributed by atoms with Gasteiger partial charge in [0.05, 0.1) is 11.0 Å². The first-order chi connectivity index (χ1) is 25.3. The first-order valence-electron chi connectivity index (χ1n) is 17.5. The van der Waals surface area contributed by atoms with E-state index < -0.39 is 8.07 Å². The lowest BCUT2D eigenvalue weighted by Gasteiger charge is -2.35. The van der Waals surface area contributed by atoms with Crippen molar-refractivity contribution in [2.24, 2.45) is 0 Å². The molecule has 240 valence electrons. The zero-order valence-corrected chi connectivity index (χ0v) is 28.9. The van der Waals surface area contributed by atoms with Crippen molar-refractivity contribution < 1.29 is 4.42 Å². The number of nitrogens with zero attached hydrogens (tertiary/aromatic N) is 1. The smallest absolute Gasteiger partial charge is 0.179 e. The van der Waals surface area contributed by atoms with Gasteiger partial charge in [-0.05, 0) is 74.3 Å². The summed E-state index contributed by atoms with van der Waals surface area (Å²) in [4.78, 5) is 0. The summed E-state index contributed by atoms with van der Waals surface area (Å²) in [7, 11) is -2.85. The maximum Gasteiger partial charge on any atom is 0.179 e. The van der Waals surface area contributed by atoms with Gasteiger partial charge in [0, 0.05) is 27.2 Å². The summed E-state index contributed by atoms with van der Waals surface area (Å²) in [5, 5.41) is 10.2.